The first-order valence-electron chi connectivity index (χ1n) is 5.96. The van der Waals surface area contributed by atoms with Crippen LogP contribution in [0, 0.1) is 11.3 Å². The van der Waals surface area contributed by atoms with Gasteiger partial charge in [-0.25, -0.2) is 0 Å². The SMILES string of the molecule is Cn1c(/C=C(\C#N)C(N)=S)ccc1-c1cc(Cl)ccc1Cl. The van der Waals surface area contributed by atoms with Gasteiger partial charge in [0.15, 0.2) is 0 Å². The highest BCUT2D eigenvalue weighted by Gasteiger charge is 2.11. The zero-order valence-corrected chi connectivity index (χ0v) is 13.4. The van der Waals surface area contributed by atoms with E-state index in [1.807, 2.05) is 29.8 Å². The van der Waals surface area contributed by atoms with E-state index in [4.69, 9.17) is 46.4 Å². The second kappa shape index (κ2) is 6.31. The molecule has 2 N–H and O–H groups in total. The molecular weight excluding hydrogens is 325 g/mol. The molecule has 1 aromatic carbocycles. The van der Waals surface area contributed by atoms with Gasteiger partial charge in [-0.3, -0.25) is 0 Å². The van der Waals surface area contributed by atoms with E-state index in [1.165, 1.54) is 0 Å². The maximum atomic E-state index is 9.02. The van der Waals surface area contributed by atoms with E-state index in [0.717, 1.165) is 17.0 Å². The zero-order chi connectivity index (χ0) is 15.6. The molecule has 0 unspecified atom stereocenters. The van der Waals surface area contributed by atoms with Crippen molar-refractivity contribution in [2.75, 3.05) is 0 Å². The molecule has 6 heteroatoms. The number of nitriles is 1. The van der Waals surface area contributed by atoms with Crippen LogP contribution in [0.15, 0.2) is 35.9 Å². The molecule has 0 aliphatic rings. The Kier molecular flexibility index (Phi) is 4.69. The molecule has 1 aromatic heterocycles. The van der Waals surface area contributed by atoms with Gasteiger partial charge in [0.25, 0.3) is 0 Å². The lowest BCUT2D eigenvalue weighted by Gasteiger charge is -2.08. The van der Waals surface area contributed by atoms with Crippen LogP contribution >= 0.6 is 35.4 Å². The van der Waals surface area contributed by atoms with E-state index in [0.29, 0.717) is 10.0 Å². The Hall–Kier alpha value is -1.80. The second-order valence-electron chi connectivity index (χ2n) is 4.36. The largest absolute Gasteiger partial charge is 0.389 e. The fraction of sp³-hybridized carbons (Fsp3) is 0.0667. The normalized spacial score (nSPS) is 11.2. The molecular formula is C15H11Cl2N3S. The summed E-state index contributed by atoms with van der Waals surface area (Å²) in [6, 6.07) is 11.0. The zero-order valence-electron chi connectivity index (χ0n) is 11.1. The molecule has 3 nitrogen and oxygen atoms in total. The van der Waals surface area contributed by atoms with Crippen molar-refractivity contribution in [2.24, 2.45) is 12.8 Å². The van der Waals surface area contributed by atoms with Gasteiger partial charge in [0.1, 0.15) is 11.1 Å². The van der Waals surface area contributed by atoms with Crippen LogP contribution in [0.4, 0.5) is 0 Å². The fourth-order valence-electron chi connectivity index (χ4n) is 1.94. The van der Waals surface area contributed by atoms with Crippen molar-refractivity contribution in [1.29, 1.82) is 5.26 Å². The highest BCUT2D eigenvalue weighted by molar-refractivity contribution is 7.80. The maximum Gasteiger partial charge on any atom is 0.114 e. The Morgan fingerprint density at radius 3 is 2.67 bits per heavy atom. The van der Waals surface area contributed by atoms with Gasteiger partial charge in [-0.2, -0.15) is 5.26 Å². The molecule has 1 heterocycles. The molecule has 2 aromatic rings. The van der Waals surface area contributed by atoms with Gasteiger partial charge in [-0.15, -0.1) is 0 Å². The van der Waals surface area contributed by atoms with Gasteiger partial charge in [-0.1, -0.05) is 35.4 Å². The summed E-state index contributed by atoms with van der Waals surface area (Å²) in [6.45, 7) is 0. The summed E-state index contributed by atoms with van der Waals surface area (Å²) < 4.78 is 1.90. The molecule has 0 fully saturated rings. The molecule has 0 aliphatic heterocycles. The quantitative estimate of drug-likeness (QED) is 0.519. The molecule has 0 aliphatic carbocycles. The summed E-state index contributed by atoms with van der Waals surface area (Å²) in [7, 11) is 1.87. The Morgan fingerprint density at radius 1 is 1.33 bits per heavy atom. The number of halogens is 2. The Morgan fingerprint density at radius 2 is 2.05 bits per heavy atom. The van der Waals surface area contributed by atoms with Gasteiger partial charge in [-0.05, 0) is 36.4 Å². The summed E-state index contributed by atoms with van der Waals surface area (Å²) in [5.74, 6) is 0. The summed E-state index contributed by atoms with van der Waals surface area (Å²) >= 11 is 17.1. The summed E-state index contributed by atoms with van der Waals surface area (Å²) in [5, 5.41) is 10.2. The Labute approximate surface area is 138 Å². The van der Waals surface area contributed by atoms with Crippen molar-refractivity contribution in [1.82, 2.24) is 4.57 Å². The van der Waals surface area contributed by atoms with Crippen molar-refractivity contribution < 1.29 is 0 Å². The standard InChI is InChI=1S/C15H11Cl2N3S/c1-20-11(6-9(8-18)15(19)21)3-5-14(20)12-7-10(16)2-4-13(12)17/h2-7H,1H3,(H2,19,21)/b9-6+. The van der Waals surface area contributed by atoms with Gasteiger partial charge in [0.2, 0.25) is 0 Å². The summed E-state index contributed by atoms with van der Waals surface area (Å²) in [6.07, 6.45) is 1.64. The smallest absolute Gasteiger partial charge is 0.114 e. The number of nitrogens with zero attached hydrogens (tertiary/aromatic N) is 2. The van der Waals surface area contributed by atoms with Gasteiger partial charge >= 0.3 is 0 Å². The molecule has 106 valence electrons. The Balaban J connectivity index is 2.54. The van der Waals surface area contributed by atoms with Crippen molar-refractivity contribution in [3.05, 3.63) is 51.6 Å². The number of benzene rings is 1. The third kappa shape index (κ3) is 3.27. The van der Waals surface area contributed by atoms with E-state index in [1.54, 1.807) is 24.3 Å². The summed E-state index contributed by atoms with van der Waals surface area (Å²) in [5.41, 5.74) is 8.26. The number of nitrogens with two attached hydrogens (primary N) is 1. The monoisotopic (exact) mass is 335 g/mol. The van der Waals surface area contributed by atoms with Crippen molar-refractivity contribution in [2.45, 2.75) is 0 Å². The average molecular weight is 336 g/mol. The highest BCUT2D eigenvalue weighted by Crippen LogP contribution is 2.31. The molecule has 0 bridgehead atoms. The lowest BCUT2D eigenvalue weighted by molar-refractivity contribution is 0.924. The molecule has 0 saturated carbocycles. The number of rotatable bonds is 3. The second-order valence-corrected chi connectivity index (χ2v) is 5.64. The number of thiocarbonyl (C=S) groups is 1. The van der Waals surface area contributed by atoms with Gasteiger partial charge in [0.05, 0.1) is 5.57 Å². The summed E-state index contributed by atoms with van der Waals surface area (Å²) in [4.78, 5) is 0.0704. The van der Waals surface area contributed by atoms with Crippen molar-refractivity contribution >= 4 is 46.5 Å². The van der Waals surface area contributed by atoms with E-state index in [9.17, 15) is 0 Å². The minimum atomic E-state index is 0.0704. The molecule has 2 rings (SSSR count). The topological polar surface area (TPSA) is 54.7 Å². The van der Waals surface area contributed by atoms with Crippen LogP contribution in [0.3, 0.4) is 0 Å². The van der Waals surface area contributed by atoms with E-state index < -0.39 is 0 Å². The number of hydrogen-bond acceptors (Lipinski definition) is 2. The minimum Gasteiger partial charge on any atom is -0.389 e. The van der Waals surface area contributed by atoms with Crippen LogP contribution in [-0.4, -0.2) is 9.56 Å². The van der Waals surface area contributed by atoms with Crippen molar-refractivity contribution in [3.63, 3.8) is 0 Å². The minimum absolute atomic E-state index is 0.0704. The average Bonchev–Trinajstić information content (AvgIpc) is 2.79. The van der Waals surface area contributed by atoms with Crippen LogP contribution in [-0.2, 0) is 7.05 Å². The molecule has 21 heavy (non-hydrogen) atoms. The lowest BCUT2D eigenvalue weighted by atomic mass is 10.1. The first-order chi connectivity index (χ1) is 9.93. The molecule has 0 saturated heterocycles. The molecule has 0 radical (unpaired) electrons. The molecule has 0 atom stereocenters. The van der Waals surface area contributed by atoms with Crippen LogP contribution in [0.25, 0.3) is 17.3 Å². The Bertz CT molecular complexity index is 785. The van der Waals surface area contributed by atoms with Crippen LogP contribution < -0.4 is 5.73 Å². The predicted octanol–water partition coefficient (Wildman–Crippen LogP) is 4.19. The van der Waals surface area contributed by atoms with Crippen LogP contribution in [0.2, 0.25) is 10.0 Å². The van der Waals surface area contributed by atoms with Gasteiger partial charge < -0.3 is 10.3 Å². The maximum absolute atomic E-state index is 9.02. The highest BCUT2D eigenvalue weighted by atomic mass is 35.5. The number of hydrogen-bond donors (Lipinski definition) is 1. The predicted molar refractivity (Wildman–Crippen MR) is 91.2 cm³/mol. The van der Waals surface area contributed by atoms with E-state index >= 15 is 0 Å². The van der Waals surface area contributed by atoms with Crippen LogP contribution in [0.5, 0.6) is 0 Å². The van der Waals surface area contributed by atoms with E-state index in [2.05, 4.69) is 0 Å². The first-order valence-corrected chi connectivity index (χ1v) is 7.13. The van der Waals surface area contributed by atoms with Crippen LogP contribution in [0.1, 0.15) is 5.69 Å². The molecule has 0 spiro atoms. The van der Waals surface area contributed by atoms with Crippen molar-refractivity contribution in [3.8, 4) is 17.3 Å². The van der Waals surface area contributed by atoms with Gasteiger partial charge in [0, 0.05) is 34.0 Å². The fourth-order valence-corrected chi connectivity index (χ4v) is 2.43. The lowest BCUT2D eigenvalue weighted by Crippen LogP contribution is -2.10. The molecule has 0 amide bonds. The number of aromatic nitrogens is 1. The third-order valence-corrected chi connectivity index (χ3v) is 3.83. The first kappa shape index (κ1) is 15.6. The third-order valence-electron chi connectivity index (χ3n) is 3.04. The van der Waals surface area contributed by atoms with E-state index in [-0.39, 0.29) is 10.6 Å².